The third-order valence-electron chi connectivity index (χ3n) is 3.05. The van der Waals surface area contributed by atoms with E-state index < -0.39 is 0 Å². The molecular weight excluding hydrogens is 288 g/mol. The number of benzene rings is 1. The lowest BCUT2D eigenvalue weighted by Gasteiger charge is -2.16. The first-order valence-corrected chi connectivity index (χ1v) is 8.57. The van der Waals surface area contributed by atoms with Crippen LogP contribution in [0.25, 0.3) is 0 Å². The Morgan fingerprint density at radius 2 is 1.81 bits per heavy atom. The minimum Gasteiger partial charge on any atom is -0.490 e. The van der Waals surface area contributed by atoms with Crippen LogP contribution in [0.15, 0.2) is 23.1 Å². The molecule has 2 rings (SSSR count). The lowest BCUT2D eigenvalue weighted by molar-refractivity contribution is -0.136. The van der Waals surface area contributed by atoms with Crippen LogP contribution in [-0.2, 0) is 9.47 Å². The van der Waals surface area contributed by atoms with Crippen molar-refractivity contribution in [3.05, 3.63) is 18.2 Å². The molecule has 1 aromatic rings. The van der Waals surface area contributed by atoms with Crippen LogP contribution >= 0.6 is 11.8 Å². The predicted octanol–water partition coefficient (Wildman–Crippen LogP) is 3.73. The number of thioether (sulfide) groups is 1. The molecular formula is C16H24O4S. The van der Waals surface area contributed by atoms with Crippen LogP contribution in [0.2, 0.25) is 0 Å². The fraction of sp³-hybridized carbons (Fsp3) is 0.625. The van der Waals surface area contributed by atoms with Crippen LogP contribution in [0.5, 0.6) is 11.5 Å². The minimum absolute atomic E-state index is 0.104. The molecule has 0 unspecified atom stereocenters. The zero-order valence-corrected chi connectivity index (χ0v) is 13.6. The van der Waals surface area contributed by atoms with Gasteiger partial charge in [-0.15, -0.1) is 11.8 Å². The normalized spacial score (nSPS) is 14.2. The van der Waals surface area contributed by atoms with Gasteiger partial charge in [-0.3, -0.25) is 0 Å². The third kappa shape index (κ3) is 5.41. The SMILES string of the molecule is CCOC(CCSc1ccc2c(c1)OCCCO2)OCC. The highest BCUT2D eigenvalue weighted by molar-refractivity contribution is 7.99. The summed E-state index contributed by atoms with van der Waals surface area (Å²) in [5, 5.41) is 0. The first kappa shape index (κ1) is 16.5. The van der Waals surface area contributed by atoms with Crippen molar-refractivity contribution in [1.29, 1.82) is 0 Å². The van der Waals surface area contributed by atoms with Gasteiger partial charge in [-0.2, -0.15) is 0 Å². The molecule has 118 valence electrons. The summed E-state index contributed by atoms with van der Waals surface area (Å²) in [7, 11) is 0. The topological polar surface area (TPSA) is 36.9 Å². The molecule has 0 atom stereocenters. The average molecular weight is 312 g/mol. The molecule has 5 heteroatoms. The molecule has 4 nitrogen and oxygen atoms in total. The zero-order valence-electron chi connectivity index (χ0n) is 12.8. The van der Waals surface area contributed by atoms with E-state index in [2.05, 4.69) is 12.1 Å². The van der Waals surface area contributed by atoms with E-state index in [1.54, 1.807) is 11.8 Å². The van der Waals surface area contributed by atoms with E-state index in [1.807, 2.05) is 19.9 Å². The summed E-state index contributed by atoms with van der Waals surface area (Å²) >= 11 is 1.78. The summed E-state index contributed by atoms with van der Waals surface area (Å²) < 4.78 is 22.4. The second-order valence-electron chi connectivity index (χ2n) is 4.64. The maximum atomic E-state index is 5.71. The molecule has 0 aromatic heterocycles. The second-order valence-corrected chi connectivity index (χ2v) is 5.80. The van der Waals surface area contributed by atoms with Gasteiger partial charge in [0.15, 0.2) is 17.8 Å². The Morgan fingerprint density at radius 1 is 1.10 bits per heavy atom. The Hall–Kier alpha value is -0.910. The minimum atomic E-state index is -0.104. The molecule has 0 spiro atoms. The Bertz CT molecular complexity index is 419. The maximum absolute atomic E-state index is 5.71. The Morgan fingerprint density at radius 3 is 2.52 bits per heavy atom. The summed E-state index contributed by atoms with van der Waals surface area (Å²) in [6, 6.07) is 6.13. The van der Waals surface area contributed by atoms with Crippen molar-refractivity contribution < 1.29 is 18.9 Å². The van der Waals surface area contributed by atoms with E-state index in [4.69, 9.17) is 18.9 Å². The molecule has 0 saturated carbocycles. The summed E-state index contributed by atoms with van der Waals surface area (Å²) in [5.74, 6) is 2.65. The largest absolute Gasteiger partial charge is 0.490 e. The van der Waals surface area contributed by atoms with Crippen molar-refractivity contribution in [2.75, 3.05) is 32.2 Å². The number of hydrogen-bond donors (Lipinski definition) is 0. The average Bonchev–Trinajstić information content (AvgIpc) is 2.72. The van der Waals surface area contributed by atoms with Gasteiger partial charge in [0, 0.05) is 36.7 Å². The van der Waals surface area contributed by atoms with Crippen LogP contribution in [0.3, 0.4) is 0 Å². The highest BCUT2D eigenvalue weighted by Gasteiger charge is 2.12. The van der Waals surface area contributed by atoms with Gasteiger partial charge in [-0.05, 0) is 32.0 Å². The first-order chi connectivity index (χ1) is 10.3. The number of ether oxygens (including phenoxy) is 4. The molecule has 0 amide bonds. The van der Waals surface area contributed by atoms with Crippen molar-refractivity contribution in [3.8, 4) is 11.5 Å². The van der Waals surface area contributed by atoms with Crippen molar-refractivity contribution in [3.63, 3.8) is 0 Å². The summed E-state index contributed by atoms with van der Waals surface area (Å²) in [6.45, 7) is 6.78. The van der Waals surface area contributed by atoms with E-state index >= 15 is 0 Å². The van der Waals surface area contributed by atoms with Crippen molar-refractivity contribution in [2.24, 2.45) is 0 Å². The second kappa shape index (κ2) is 9.18. The lowest BCUT2D eigenvalue weighted by Crippen LogP contribution is -2.18. The van der Waals surface area contributed by atoms with Gasteiger partial charge in [-0.25, -0.2) is 0 Å². The highest BCUT2D eigenvalue weighted by Crippen LogP contribution is 2.34. The smallest absolute Gasteiger partial charge is 0.162 e. The van der Waals surface area contributed by atoms with Crippen LogP contribution in [0, 0.1) is 0 Å². The van der Waals surface area contributed by atoms with Crippen LogP contribution in [0.4, 0.5) is 0 Å². The summed E-state index contributed by atoms with van der Waals surface area (Å²) in [6.07, 6.45) is 1.70. The molecule has 0 radical (unpaired) electrons. The monoisotopic (exact) mass is 312 g/mol. The molecule has 0 aliphatic carbocycles. The molecule has 0 bridgehead atoms. The fourth-order valence-corrected chi connectivity index (χ4v) is 2.99. The Balaban J connectivity index is 1.84. The van der Waals surface area contributed by atoms with Crippen LogP contribution in [0.1, 0.15) is 26.7 Å². The number of rotatable bonds is 8. The van der Waals surface area contributed by atoms with E-state index in [9.17, 15) is 0 Å². The van der Waals surface area contributed by atoms with E-state index in [1.165, 1.54) is 4.90 Å². The van der Waals surface area contributed by atoms with Gasteiger partial charge in [0.2, 0.25) is 0 Å². The van der Waals surface area contributed by atoms with E-state index in [0.717, 1.165) is 43.3 Å². The van der Waals surface area contributed by atoms with Gasteiger partial charge in [0.05, 0.1) is 13.2 Å². The Labute approximate surface area is 131 Å². The van der Waals surface area contributed by atoms with Crippen molar-refractivity contribution in [1.82, 2.24) is 0 Å². The zero-order chi connectivity index (χ0) is 14.9. The highest BCUT2D eigenvalue weighted by atomic mass is 32.2. The van der Waals surface area contributed by atoms with Gasteiger partial charge in [0.25, 0.3) is 0 Å². The standard InChI is InChI=1S/C16H24O4S/c1-3-17-16(18-4-2)8-11-21-13-6-7-14-15(12-13)20-10-5-9-19-14/h6-7,12,16H,3-5,8-11H2,1-2H3. The number of hydrogen-bond acceptors (Lipinski definition) is 5. The third-order valence-corrected chi connectivity index (χ3v) is 4.07. The van der Waals surface area contributed by atoms with Crippen molar-refractivity contribution in [2.45, 2.75) is 37.9 Å². The molecule has 0 saturated heterocycles. The molecule has 0 fully saturated rings. The van der Waals surface area contributed by atoms with Gasteiger partial charge < -0.3 is 18.9 Å². The summed E-state index contributed by atoms with van der Waals surface area (Å²) in [4.78, 5) is 1.19. The molecule has 1 aromatic carbocycles. The van der Waals surface area contributed by atoms with E-state index in [-0.39, 0.29) is 6.29 Å². The number of fused-ring (bicyclic) bond motifs is 1. The molecule has 0 N–H and O–H groups in total. The maximum Gasteiger partial charge on any atom is 0.162 e. The van der Waals surface area contributed by atoms with E-state index in [0.29, 0.717) is 13.2 Å². The van der Waals surface area contributed by atoms with Crippen LogP contribution in [-0.4, -0.2) is 38.5 Å². The molecule has 1 aliphatic rings. The first-order valence-electron chi connectivity index (χ1n) is 7.59. The molecule has 21 heavy (non-hydrogen) atoms. The predicted molar refractivity (Wildman–Crippen MR) is 84.4 cm³/mol. The van der Waals surface area contributed by atoms with Crippen LogP contribution < -0.4 is 9.47 Å². The fourth-order valence-electron chi connectivity index (χ4n) is 2.09. The quantitative estimate of drug-likeness (QED) is 0.540. The molecule has 1 heterocycles. The lowest BCUT2D eigenvalue weighted by atomic mass is 10.3. The molecule has 1 aliphatic heterocycles. The summed E-state index contributed by atoms with van der Waals surface area (Å²) in [5.41, 5.74) is 0. The van der Waals surface area contributed by atoms with Gasteiger partial charge in [-0.1, -0.05) is 0 Å². The van der Waals surface area contributed by atoms with Gasteiger partial charge >= 0.3 is 0 Å². The Kier molecular flexibility index (Phi) is 7.19. The van der Waals surface area contributed by atoms with Gasteiger partial charge in [0.1, 0.15) is 0 Å². The van der Waals surface area contributed by atoms with Crippen molar-refractivity contribution >= 4 is 11.8 Å².